The standard InChI is InChI=1S/C25H27N5O4.C16H20N2O4.C9H9N3O/c1-29-20-5-3-16(15-21(20)34-25(29)32)8-12-30-13-9-17(10-14-30)24(31)27-19-7-11-26-18-4-6-22(33-2)28-23(18)19;19-15-10-22-14-2-1-11(9-13(14)17-15)3-6-18-7-4-12(5-8-18)16(20)21;1-13-8-3-2-7-9(12-8)6(10)4-5-11-7/h3-7,11,15,17H,8-10,12-14H2,1-2H3,(H,26,27,31);1-2,9,12H,3-8,10H2,(H,17,19)(H,20,21);2-5H,1H3,(H2,10,11). The molecule has 2 saturated heterocycles. The first-order valence-electron chi connectivity index (χ1n) is 22.9. The van der Waals surface area contributed by atoms with Gasteiger partial charge in [0.1, 0.15) is 16.8 Å². The number of carbonyl (C=O) groups excluding carboxylic acids is 2. The second-order valence-electron chi connectivity index (χ2n) is 17.2. The van der Waals surface area contributed by atoms with E-state index in [4.69, 9.17) is 29.5 Å². The lowest BCUT2D eigenvalue weighted by Crippen LogP contribution is -2.39. The number of aryl methyl sites for hydroxylation is 1. The van der Waals surface area contributed by atoms with E-state index in [-0.39, 0.29) is 36.0 Å². The van der Waals surface area contributed by atoms with Gasteiger partial charge >= 0.3 is 11.7 Å². The number of nitrogen functional groups attached to an aromatic ring is 1. The van der Waals surface area contributed by atoms with Gasteiger partial charge in [0.05, 0.1) is 53.7 Å². The zero-order valence-corrected chi connectivity index (χ0v) is 38.9. The number of amides is 2. The maximum atomic E-state index is 13.0. The van der Waals surface area contributed by atoms with E-state index in [2.05, 4.69) is 40.4 Å². The summed E-state index contributed by atoms with van der Waals surface area (Å²) in [6.45, 7) is 5.28. The van der Waals surface area contributed by atoms with Crippen molar-refractivity contribution >= 4 is 68.0 Å². The van der Waals surface area contributed by atoms with Crippen LogP contribution in [0.4, 0.5) is 17.1 Å². The number of nitrogens with two attached hydrogens (primary N) is 1. The molecule has 69 heavy (non-hydrogen) atoms. The average Bonchev–Trinajstić information content (AvgIpc) is 3.66. The van der Waals surface area contributed by atoms with E-state index < -0.39 is 5.97 Å². The molecule has 0 saturated carbocycles. The monoisotopic (exact) mass is 940 g/mol. The molecule has 2 fully saturated rings. The molecule has 3 aliphatic rings. The highest BCUT2D eigenvalue weighted by molar-refractivity contribution is 6.00. The largest absolute Gasteiger partial charge is 0.482 e. The summed E-state index contributed by atoms with van der Waals surface area (Å²) in [5.74, 6) is 0.386. The summed E-state index contributed by atoms with van der Waals surface area (Å²) in [5, 5.41) is 14.9. The number of likely N-dealkylation sites (tertiary alicyclic amines) is 2. The number of benzene rings is 2. The van der Waals surface area contributed by atoms with Crippen LogP contribution in [0, 0.1) is 11.8 Å². The second-order valence-corrected chi connectivity index (χ2v) is 17.2. The smallest absolute Gasteiger partial charge is 0.419 e. The first-order valence-corrected chi connectivity index (χ1v) is 22.9. The van der Waals surface area contributed by atoms with Crippen LogP contribution in [0.25, 0.3) is 33.2 Å². The molecule has 2 amide bonds. The Morgan fingerprint density at radius 3 is 2.03 bits per heavy atom. The first kappa shape index (κ1) is 47.8. The minimum absolute atomic E-state index is 0.0151. The fourth-order valence-corrected chi connectivity index (χ4v) is 8.61. The fraction of sp³-hybridized carbons (Fsp3) is 0.360. The molecule has 7 aromatic rings. The van der Waals surface area contributed by atoms with Crippen LogP contribution < -0.4 is 36.3 Å². The van der Waals surface area contributed by atoms with Crippen molar-refractivity contribution in [2.24, 2.45) is 18.9 Å². The predicted molar refractivity (Wildman–Crippen MR) is 261 cm³/mol. The number of piperidine rings is 2. The maximum Gasteiger partial charge on any atom is 0.419 e. The summed E-state index contributed by atoms with van der Waals surface area (Å²) < 4.78 is 22.3. The number of hydrogen-bond acceptors (Lipinski definition) is 15. The lowest BCUT2D eigenvalue weighted by Gasteiger charge is -2.31. The molecule has 19 nitrogen and oxygen atoms in total. The van der Waals surface area contributed by atoms with Gasteiger partial charge in [0.15, 0.2) is 12.2 Å². The minimum atomic E-state index is -0.676. The van der Waals surface area contributed by atoms with Gasteiger partial charge in [-0.05, 0) is 124 Å². The van der Waals surface area contributed by atoms with Crippen LogP contribution in [0.2, 0.25) is 0 Å². The maximum absolute atomic E-state index is 13.0. The molecule has 5 aromatic heterocycles. The Morgan fingerprint density at radius 2 is 1.38 bits per heavy atom. The summed E-state index contributed by atoms with van der Waals surface area (Å²) in [6, 6.07) is 22.4. The molecule has 360 valence electrons. The molecule has 0 radical (unpaired) electrons. The number of fused-ring (bicyclic) bond motifs is 4. The van der Waals surface area contributed by atoms with E-state index in [0.29, 0.717) is 51.0 Å². The average molecular weight is 941 g/mol. The molecule has 0 atom stereocenters. The second kappa shape index (κ2) is 22.0. The number of nitrogens with zero attached hydrogens (tertiary/aromatic N) is 7. The third-order valence-electron chi connectivity index (χ3n) is 12.7. The molecule has 0 unspecified atom stereocenters. The number of ether oxygens (including phenoxy) is 3. The normalized spacial score (nSPS) is 15.5. The Balaban J connectivity index is 0.000000156. The van der Waals surface area contributed by atoms with Gasteiger partial charge in [-0.15, -0.1) is 0 Å². The van der Waals surface area contributed by atoms with Crippen molar-refractivity contribution in [1.82, 2.24) is 34.3 Å². The highest BCUT2D eigenvalue weighted by atomic mass is 16.5. The van der Waals surface area contributed by atoms with E-state index >= 15 is 0 Å². The summed E-state index contributed by atoms with van der Waals surface area (Å²) in [4.78, 5) is 68.7. The summed E-state index contributed by atoms with van der Waals surface area (Å²) in [6.07, 6.45) is 8.13. The number of aromatic nitrogens is 5. The topological polar surface area (TPSA) is 242 Å². The number of anilines is 3. The molecular formula is C50H56N10O9. The lowest BCUT2D eigenvalue weighted by molar-refractivity contribution is -0.143. The first-order chi connectivity index (χ1) is 33.4. The van der Waals surface area contributed by atoms with E-state index in [1.54, 1.807) is 57.9 Å². The van der Waals surface area contributed by atoms with E-state index in [1.165, 1.54) is 4.57 Å². The number of aliphatic carboxylic acids is 1. The van der Waals surface area contributed by atoms with Gasteiger partial charge in [0, 0.05) is 50.6 Å². The van der Waals surface area contributed by atoms with Crippen molar-refractivity contribution in [2.75, 3.05) is 76.5 Å². The van der Waals surface area contributed by atoms with E-state index in [0.717, 1.165) is 106 Å². The Kier molecular flexibility index (Phi) is 15.2. The summed E-state index contributed by atoms with van der Waals surface area (Å²) in [5.41, 5.74) is 14.2. The summed E-state index contributed by atoms with van der Waals surface area (Å²) >= 11 is 0. The Bertz CT molecular complexity index is 3010. The third kappa shape index (κ3) is 11.9. The number of oxazole rings is 1. The zero-order valence-electron chi connectivity index (χ0n) is 38.9. The van der Waals surface area contributed by atoms with Gasteiger partial charge in [0.25, 0.3) is 5.91 Å². The number of methoxy groups -OCH3 is 2. The van der Waals surface area contributed by atoms with Gasteiger partial charge in [0.2, 0.25) is 17.7 Å². The summed E-state index contributed by atoms with van der Waals surface area (Å²) in [7, 11) is 4.84. The van der Waals surface area contributed by atoms with Gasteiger partial charge in [-0.3, -0.25) is 28.9 Å². The van der Waals surface area contributed by atoms with Crippen molar-refractivity contribution in [3.63, 3.8) is 0 Å². The highest BCUT2D eigenvalue weighted by Gasteiger charge is 2.26. The van der Waals surface area contributed by atoms with Crippen molar-refractivity contribution in [3.05, 3.63) is 107 Å². The number of carbonyl (C=O) groups is 3. The molecule has 2 aromatic carbocycles. The molecule has 8 heterocycles. The third-order valence-corrected chi connectivity index (χ3v) is 12.7. The van der Waals surface area contributed by atoms with E-state index in [9.17, 15) is 19.2 Å². The van der Waals surface area contributed by atoms with Crippen molar-refractivity contribution in [1.29, 1.82) is 0 Å². The van der Waals surface area contributed by atoms with Crippen LogP contribution in [0.3, 0.4) is 0 Å². The number of pyridine rings is 4. The lowest BCUT2D eigenvalue weighted by atomic mass is 9.95. The predicted octanol–water partition coefficient (Wildman–Crippen LogP) is 5.55. The van der Waals surface area contributed by atoms with Gasteiger partial charge < -0.3 is 49.9 Å². The molecule has 0 bridgehead atoms. The van der Waals surface area contributed by atoms with Crippen molar-refractivity contribution in [2.45, 2.75) is 38.5 Å². The molecule has 10 rings (SSSR count). The van der Waals surface area contributed by atoms with Gasteiger partial charge in [-0.2, -0.15) is 0 Å². The molecular weight excluding hydrogens is 885 g/mol. The molecule has 3 aliphatic heterocycles. The van der Waals surface area contributed by atoms with Crippen molar-refractivity contribution < 1.29 is 38.1 Å². The fourth-order valence-electron chi connectivity index (χ4n) is 8.61. The Labute approximate surface area is 397 Å². The van der Waals surface area contributed by atoms with Gasteiger partial charge in [-0.1, -0.05) is 12.1 Å². The van der Waals surface area contributed by atoms with Crippen LogP contribution in [0.1, 0.15) is 36.8 Å². The SMILES string of the molecule is COc1ccc2nccc(N)c2n1.COc1ccc2nccc(NC(=O)C3CCN(CCc4ccc5c(c4)oc(=O)n5C)CC3)c2n1.O=C1COc2ccc(CCN3CCC(C(=O)O)CC3)cc2N1. The van der Waals surface area contributed by atoms with Crippen LogP contribution >= 0.6 is 0 Å². The molecule has 5 N–H and O–H groups in total. The molecule has 0 aliphatic carbocycles. The van der Waals surface area contributed by atoms with Crippen LogP contribution in [0.15, 0.2) is 94.4 Å². The van der Waals surface area contributed by atoms with Crippen molar-refractivity contribution in [3.8, 4) is 17.5 Å². The number of carboxylic acid groups (broad SMARTS) is 1. The van der Waals surface area contributed by atoms with Crippen LogP contribution in [0.5, 0.6) is 17.5 Å². The van der Waals surface area contributed by atoms with Gasteiger partial charge in [-0.25, -0.2) is 14.8 Å². The number of hydrogen-bond donors (Lipinski definition) is 4. The Hall–Kier alpha value is -7.64. The minimum Gasteiger partial charge on any atom is -0.482 e. The quantitative estimate of drug-likeness (QED) is 0.124. The number of carboxylic acids is 1. The van der Waals surface area contributed by atoms with Crippen LogP contribution in [-0.2, 0) is 34.3 Å². The Morgan fingerprint density at radius 1 is 0.783 bits per heavy atom. The van der Waals surface area contributed by atoms with E-state index in [1.807, 2.05) is 48.5 Å². The highest BCUT2D eigenvalue weighted by Crippen LogP contribution is 2.30. The number of nitrogens with one attached hydrogen (secondary N) is 2. The molecule has 0 spiro atoms. The zero-order chi connectivity index (χ0) is 48.4. The molecule has 19 heteroatoms. The number of rotatable bonds is 11. The van der Waals surface area contributed by atoms with Crippen LogP contribution in [-0.4, -0.2) is 117 Å².